The minimum absolute atomic E-state index is 0.362. The summed E-state index contributed by atoms with van der Waals surface area (Å²) >= 11 is 0. The summed E-state index contributed by atoms with van der Waals surface area (Å²) in [5.74, 6) is -0.967. The number of carbonyl (C=O) groups excluding carboxylic acids is 2. The first-order valence-corrected chi connectivity index (χ1v) is 4.94. The average molecular weight is 233 g/mol. The molecular weight excluding hydrogens is 222 g/mol. The molecule has 5 heteroatoms. The van der Waals surface area contributed by atoms with Crippen LogP contribution in [-0.4, -0.2) is 22.5 Å². The van der Waals surface area contributed by atoms with E-state index in [0.717, 1.165) is 19.1 Å². The normalized spacial score (nSPS) is 12.3. The first-order chi connectivity index (χ1) is 8.02. The number of nitro groups is 1. The molecule has 88 valence electrons. The summed E-state index contributed by atoms with van der Waals surface area (Å²) in [7, 11) is 0. The molecule has 0 N–H and O–H groups in total. The summed E-state index contributed by atoms with van der Waals surface area (Å²) in [6.07, 6.45) is 2.07. The van der Waals surface area contributed by atoms with Crippen LogP contribution in [0, 0.1) is 10.1 Å². The first kappa shape index (κ1) is 12.8. The molecule has 1 aromatic rings. The predicted molar refractivity (Wildman–Crippen MR) is 61.4 cm³/mol. The van der Waals surface area contributed by atoms with Crippen molar-refractivity contribution in [3.63, 3.8) is 0 Å². The summed E-state index contributed by atoms with van der Waals surface area (Å²) < 4.78 is 0. The number of allylic oxidation sites excluding steroid dienone is 1. The smallest absolute Gasteiger partial charge is 0.288 e. The lowest BCUT2D eigenvalue weighted by Crippen LogP contribution is -2.25. The zero-order chi connectivity index (χ0) is 12.8. The summed E-state index contributed by atoms with van der Waals surface area (Å²) in [5.41, 5.74) is 0.425. The van der Waals surface area contributed by atoms with Crippen molar-refractivity contribution in [2.45, 2.75) is 13.0 Å². The molecule has 0 radical (unpaired) electrons. The molecule has 0 saturated heterocycles. The highest BCUT2D eigenvalue weighted by molar-refractivity contribution is 6.04. The number of rotatable bonds is 5. The van der Waals surface area contributed by atoms with Gasteiger partial charge < -0.3 is 0 Å². The summed E-state index contributed by atoms with van der Waals surface area (Å²) in [6, 6.07) is 6.88. The van der Waals surface area contributed by atoms with Crippen LogP contribution < -0.4 is 0 Å². The van der Waals surface area contributed by atoms with Crippen molar-refractivity contribution in [3.8, 4) is 0 Å². The van der Waals surface area contributed by atoms with E-state index >= 15 is 0 Å². The lowest BCUT2D eigenvalue weighted by Gasteiger charge is -1.99. The quantitative estimate of drug-likeness (QED) is 0.335. The van der Waals surface area contributed by atoms with Gasteiger partial charge in [-0.1, -0.05) is 30.3 Å². The van der Waals surface area contributed by atoms with E-state index in [9.17, 15) is 19.7 Å². The highest BCUT2D eigenvalue weighted by atomic mass is 16.6. The Labute approximate surface area is 97.9 Å². The van der Waals surface area contributed by atoms with Gasteiger partial charge in [0.05, 0.1) is 0 Å². The molecule has 0 aliphatic carbocycles. The number of nitrogens with zero attached hydrogens (tertiary/aromatic N) is 1. The van der Waals surface area contributed by atoms with Gasteiger partial charge in [-0.25, -0.2) is 0 Å². The predicted octanol–water partition coefficient (Wildman–Crippen LogP) is 1.66. The van der Waals surface area contributed by atoms with Gasteiger partial charge in [0, 0.05) is 23.5 Å². The average Bonchev–Trinajstić information content (AvgIpc) is 2.29. The number of hydrogen-bond acceptors (Lipinski definition) is 4. The van der Waals surface area contributed by atoms with E-state index in [1.165, 1.54) is 0 Å². The highest BCUT2D eigenvalue weighted by Crippen LogP contribution is 2.02. The van der Waals surface area contributed by atoms with E-state index in [1.54, 1.807) is 30.3 Å². The minimum Gasteiger partial charge on any atom is -0.292 e. The van der Waals surface area contributed by atoms with Crippen molar-refractivity contribution in [1.29, 1.82) is 0 Å². The van der Waals surface area contributed by atoms with Crippen LogP contribution in [0.5, 0.6) is 0 Å². The summed E-state index contributed by atoms with van der Waals surface area (Å²) in [4.78, 5) is 32.3. The van der Waals surface area contributed by atoms with E-state index in [0.29, 0.717) is 5.56 Å². The van der Waals surface area contributed by atoms with Gasteiger partial charge >= 0.3 is 0 Å². The molecule has 0 bridgehead atoms. The van der Waals surface area contributed by atoms with Crippen LogP contribution in [0.25, 0.3) is 0 Å². The maximum atomic E-state index is 11.6. The molecule has 0 aliphatic heterocycles. The number of benzene rings is 1. The molecule has 0 fully saturated rings. The van der Waals surface area contributed by atoms with Crippen molar-refractivity contribution in [1.82, 2.24) is 0 Å². The van der Waals surface area contributed by atoms with Crippen molar-refractivity contribution >= 4 is 11.6 Å². The molecule has 17 heavy (non-hydrogen) atoms. The summed E-state index contributed by atoms with van der Waals surface area (Å²) in [6.45, 7) is 1.12. The molecule has 0 aliphatic rings. The van der Waals surface area contributed by atoms with Gasteiger partial charge in [0.1, 0.15) is 0 Å². The van der Waals surface area contributed by atoms with E-state index in [4.69, 9.17) is 0 Å². The number of carbonyl (C=O) groups is 2. The second-order valence-electron chi connectivity index (χ2n) is 3.43. The van der Waals surface area contributed by atoms with Crippen molar-refractivity contribution < 1.29 is 14.5 Å². The minimum atomic E-state index is -1.46. The van der Waals surface area contributed by atoms with Crippen molar-refractivity contribution in [2.75, 3.05) is 0 Å². The van der Waals surface area contributed by atoms with Crippen LogP contribution in [0.15, 0.2) is 42.5 Å². The maximum absolute atomic E-state index is 11.6. The highest BCUT2D eigenvalue weighted by Gasteiger charge is 2.22. The largest absolute Gasteiger partial charge is 0.292 e. The molecule has 0 spiro atoms. The Kier molecular flexibility index (Phi) is 4.28. The van der Waals surface area contributed by atoms with Gasteiger partial charge in [0.2, 0.25) is 5.78 Å². The lowest BCUT2D eigenvalue weighted by atomic mass is 10.1. The molecule has 0 aromatic heterocycles. The van der Waals surface area contributed by atoms with Crippen molar-refractivity contribution in [3.05, 3.63) is 58.2 Å². The monoisotopic (exact) mass is 233 g/mol. The molecule has 5 nitrogen and oxygen atoms in total. The van der Waals surface area contributed by atoms with Gasteiger partial charge in [-0.2, -0.15) is 0 Å². The number of ketones is 2. The zero-order valence-electron chi connectivity index (χ0n) is 9.20. The Balaban J connectivity index is 2.81. The standard InChI is InChI=1S/C12H11NO4/c1-9(14)11(13(16)17)7-8-12(15)10-5-3-2-4-6-10/h2-8,11H,1H3. The fraction of sp³-hybridized carbons (Fsp3) is 0.167. The van der Waals surface area contributed by atoms with Crippen LogP contribution in [0.1, 0.15) is 17.3 Å². The molecule has 1 rings (SSSR count). The van der Waals surface area contributed by atoms with Crippen LogP contribution in [0.4, 0.5) is 0 Å². The zero-order valence-corrected chi connectivity index (χ0v) is 9.20. The molecule has 0 amide bonds. The molecule has 1 unspecified atom stereocenters. The lowest BCUT2D eigenvalue weighted by molar-refractivity contribution is -0.494. The Morgan fingerprint density at radius 3 is 2.35 bits per heavy atom. The van der Waals surface area contributed by atoms with Crippen LogP contribution in [0.2, 0.25) is 0 Å². The Bertz CT molecular complexity index is 451. The Hall–Kier alpha value is -2.30. The van der Waals surface area contributed by atoms with E-state index < -0.39 is 16.7 Å². The third-order valence-electron chi connectivity index (χ3n) is 2.13. The van der Waals surface area contributed by atoms with Gasteiger partial charge in [-0.15, -0.1) is 0 Å². The second-order valence-corrected chi connectivity index (χ2v) is 3.43. The Morgan fingerprint density at radius 2 is 1.88 bits per heavy atom. The molecule has 0 heterocycles. The van der Waals surface area contributed by atoms with Gasteiger partial charge in [0.25, 0.3) is 6.04 Å². The summed E-state index contributed by atoms with van der Waals surface area (Å²) in [5, 5.41) is 10.5. The van der Waals surface area contributed by atoms with Crippen LogP contribution in [0.3, 0.4) is 0 Å². The fourth-order valence-electron chi connectivity index (χ4n) is 1.23. The van der Waals surface area contributed by atoms with Crippen LogP contribution in [-0.2, 0) is 4.79 Å². The van der Waals surface area contributed by atoms with E-state index in [1.807, 2.05) is 0 Å². The Morgan fingerprint density at radius 1 is 1.29 bits per heavy atom. The van der Waals surface area contributed by atoms with Crippen LogP contribution >= 0.6 is 0 Å². The molecule has 0 saturated carbocycles. The number of hydrogen-bond donors (Lipinski definition) is 0. The SMILES string of the molecule is CC(=O)C(C=CC(=O)c1ccccc1)[N+](=O)[O-]. The van der Waals surface area contributed by atoms with Gasteiger partial charge in [0.15, 0.2) is 5.78 Å². The van der Waals surface area contributed by atoms with E-state index in [2.05, 4.69) is 0 Å². The first-order valence-electron chi connectivity index (χ1n) is 4.94. The maximum Gasteiger partial charge on any atom is 0.288 e. The fourth-order valence-corrected chi connectivity index (χ4v) is 1.23. The van der Waals surface area contributed by atoms with Crippen molar-refractivity contribution in [2.24, 2.45) is 0 Å². The van der Waals surface area contributed by atoms with E-state index in [-0.39, 0.29) is 5.78 Å². The second kappa shape index (κ2) is 5.69. The molecule has 1 aromatic carbocycles. The topological polar surface area (TPSA) is 77.3 Å². The third-order valence-corrected chi connectivity index (χ3v) is 2.13. The van der Waals surface area contributed by atoms with Gasteiger partial charge in [-0.05, 0) is 6.08 Å². The van der Waals surface area contributed by atoms with Gasteiger partial charge in [-0.3, -0.25) is 19.7 Å². The molecular formula is C12H11NO4. The molecule has 1 atom stereocenters. The number of Topliss-reactive ketones (excluding diaryl/α,β-unsaturated/α-hetero) is 1. The third kappa shape index (κ3) is 3.64.